The first-order valence-electron chi connectivity index (χ1n) is 4.20. The quantitative estimate of drug-likeness (QED) is 0.772. The third kappa shape index (κ3) is 1.46. The van der Waals surface area contributed by atoms with Crippen LogP contribution in [0.1, 0.15) is 11.3 Å². The second-order valence-corrected chi connectivity index (χ2v) is 3.85. The monoisotopic (exact) mass is 206 g/mol. The first-order chi connectivity index (χ1) is 6.68. The fourth-order valence-electron chi connectivity index (χ4n) is 1.09. The first-order valence-corrected chi connectivity index (χ1v) is 4.97. The summed E-state index contributed by atoms with van der Waals surface area (Å²) >= 11 is 1.37. The van der Waals surface area contributed by atoms with Crippen molar-refractivity contribution in [3.63, 3.8) is 0 Å². The standard InChI is InChI=1S/C9H10N4S/c1-5-6(2)12-9(13-8(5)10)7-3-4-11-14-7/h3-4H,1-2H3,(H2,10,12,13). The molecule has 0 radical (unpaired) electrons. The Labute approximate surface area is 86.0 Å². The van der Waals surface area contributed by atoms with E-state index >= 15 is 0 Å². The van der Waals surface area contributed by atoms with E-state index in [1.807, 2.05) is 19.9 Å². The van der Waals surface area contributed by atoms with Crippen LogP contribution < -0.4 is 5.73 Å². The second kappa shape index (κ2) is 3.34. The molecule has 2 aromatic heterocycles. The van der Waals surface area contributed by atoms with Crippen LogP contribution in [0.4, 0.5) is 5.82 Å². The van der Waals surface area contributed by atoms with Crippen molar-refractivity contribution in [2.45, 2.75) is 13.8 Å². The number of rotatable bonds is 1. The summed E-state index contributed by atoms with van der Waals surface area (Å²) in [7, 11) is 0. The van der Waals surface area contributed by atoms with Crippen LogP contribution in [0.25, 0.3) is 10.7 Å². The smallest absolute Gasteiger partial charge is 0.173 e. The predicted molar refractivity (Wildman–Crippen MR) is 57.0 cm³/mol. The molecule has 14 heavy (non-hydrogen) atoms. The zero-order valence-electron chi connectivity index (χ0n) is 7.98. The van der Waals surface area contributed by atoms with Gasteiger partial charge in [0, 0.05) is 17.5 Å². The average Bonchev–Trinajstić information content (AvgIpc) is 2.66. The lowest BCUT2D eigenvalue weighted by Crippen LogP contribution is -2.01. The van der Waals surface area contributed by atoms with E-state index in [9.17, 15) is 0 Å². The highest BCUT2D eigenvalue weighted by Gasteiger charge is 2.07. The molecule has 0 saturated heterocycles. The van der Waals surface area contributed by atoms with E-state index < -0.39 is 0 Å². The molecule has 0 aliphatic rings. The Morgan fingerprint density at radius 2 is 2.07 bits per heavy atom. The Balaban J connectivity index is 2.57. The largest absolute Gasteiger partial charge is 0.383 e. The Morgan fingerprint density at radius 3 is 2.64 bits per heavy atom. The summed E-state index contributed by atoms with van der Waals surface area (Å²) in [4.78, 5) is 9.51. The summed E-state index contributed by atoms with van der Waals surface area (Å²) in [6, 6.07) is 1.88. The molecule has 0 bridgehead atoms. The van der Waals surface area contributed by atoms with Crippen LogP contribution in [0.2, 0.25) is 0 Å². The topological polar surface area (TPSA) is 64.7 Å². The van der Waals surface area contributed by atoms with Crippen molar-refractivity contribution in [3.05, 3.63) is 23.5 Å². The zero-order valence-corrected chi connectivity index (χ0v) is 8.80. The van der Waals surface area contributed by atoms with Crippen LogP contribution >= 0.6 is 11.5 Å². The molecule has 0 spiro atoms. The summed E-state index contributed by atoms with van der Waals surface area (Å²) in [6.45, 7) is 3.85. The lowest BCUT2D eigenvalue weighted by atomic mass is 10.2. The highest BCUT2D eigenvalue weighted by atomic mass is 32.1. The summed E-state index contributed by atoms with van der Waals surface area (Å²) < 4.78 is 4.00. The lowest BCUT2D eigenvalue weighted by Gasteiger charge is -2.04. The van der Waals surface area contributed by atoms with E-state index in [-0.39, 0.29) is 0 Å². The van der Waals surface area contributed by atoms with Crippen LogP contribution in [0.5, 0.6) is 0 Å². The van der Waals surface area contributed by atoms with Crippen LogP contribution in [-0.2, 0) is 0 Å². The number of anilines is 1. The number of aromatic nitrogens is 3. The van der Waals surface area contributed by atoms with Gasteiger partial charge in [-0.15, -0.1) is 0 Å². The van der Waals surface area contributed by atoms with Gasteiger partial charge in [0.05, 0.1) is 4.88 Å². The molecule has 0 unspecified atom stereocenters. The van der Waals surface area contributed by atoms with Gasteiger partial charge in [-0.3, -0.25) is 0 Å². The van der Waals surface area contributed by atoms with Crippen molar-refractivity contribution in [2.24, 2.45) is 0 Å². The lowest BCUT2D eigenvalue weighted by molar-refractivity contribution is 1.08. The van der Waals surface area contributed by atoms with Gasteiger partial charge in [0.2, 0.25) is 0 Å². The molecule has 0 atom stereocenters. The molecule has 0 aliphatic heterocycles. The molecule has 4 nitrogen and oxygen atoms in total. The van der Waals surface area contributed by atoms with E-state index in [1.165, 1.54) is 11.5 Å². The number of aryl methyl sites for hydroxylation is 1. The van der Waals surface area contributed by atoms with E-state index in [1.54, 1.807) is 6.20 Å². The minimum absolute atomic E-state index is 0.543. The first kappa shape index (κ1) is 9.08. The second-order valence-electron chi connectivity index (χ2n) is 3.02. The number of hydrogen-bond acceptors (Lipinski definition) is 5. The summed E-state index contributed by atoms with van der Waals surface area (Å²) in [5, 5.41) is 0. The normalized spacial score (nSPS) is 10.4. The SMILES string of the molecule is Cc1nc(-c2ccns2)nc(N)c1C. The van der Waals surface area contributed by atoms with Crippen molar-refractivity contribution in [3.8, 4) is 10.7 Å². The predicted octanol–water partition coefficient (Wildman–Crippen LogP) is 1.80. The minimum atomic E-state index is 0.543. The van der Waals surface area contributed by atoms with Crippen molar-refractivity contribution >= 4 is 17.4 Å². The van der Waals surface area contributed by atoms with Gasteiger partial charge < -0.3 is 5.73 Å². The average molecular weight is 206 g/mol. The van der Waals surface area contributed by atoms with Gasteiger partial charge in [0.1, 0.15) is 5.82 Å². The summed E-state index contributed by atoms with van der Waals surface area (Å²) in [5.41, 5.74) is 7.62. The number of nitrogen functional groups attached to an aromatic ring is 1. The van der Waals surface area contributed by atoms with Crippen LogP contribution in [0.15, 0.2) is 12.3 Å². The molecule has 2 rings (SSSR count). The maximum absolute atomic E-state index is 5.76. The Bertz CT molecular complexity index is 427. The number of nitrogens with two attached hydrogens (primary N) is 1. The Hall–Kier alpha value is -1.49. The molecule has 2 aromatic rings. The molecule has 72 valence electrons. The third-order valence-electron chi connectivity index (χ3n) is 2.09. The van der Waals surface area contributed by atoms with Crippen molar-refractivity contribution < 1.29 is 0 Å². The van der Waals surface area contributed by atoms with E-state index in [0.29, 0.717) is 11.6 Å². The van der Waals surface area contributed by atoms with Crippen molar-refractivity contribution in [1.29, 1.82) is 0 Å². The molecule has 0 aliphatic carbocycles. The maximum atomic E-state index is 5.76. The zero-order chi connectivity index (χ0) is 10.1. The fourth-order valence-corrected chi connectivity index (χ4v) is 1.62. The van der Waals surface area contributed by atoms with Gasteiger partial charge in [-0.05, 0) is 31.4 Å². The van der Waals surface area contributed by atoms with Crippen LogP contribution in [0.3, 0.4) is 0 Å². The maximum Gasteiger partial charge on any atom is 0.173 e. The minimum Gasteiger partial charge on any atom is -0.383 e. The van der Waals surface area contributed by atoms with Crippen molar-refractivity contribution in [2.75, 3.05) is 5.73 Å². The van der Waals surface area contributed by atoms with Crippen LogP contribution in [0, 0.1) is 13.8 Å². The van der Waals surface area contributed by atoms with Gasteiger partial charge in [0.25, 0.3) is 0 Å². The van der Waals surface area contributed by atoms with Crippen molar-refractivity contribution in [1.82, 2.24) is 14.3 Å². The van der Waals surface area contributed by atoms with E-state index in [0.717, 1.165) is 16.1 Å². The number of nitrogens with zero attached hydrogens (tertiary/aromatic N) is 3. The molecule has 5 heteroatoms. The molecular weight excluding hydrogens is 196 g/mol. The molecule has 0 saturated carbocycles. The summed E-state index contributed by atoms with van der Waals surface area (Å²) in [6.07, 6.45) is 1.73. The Kier molecular flexibility index (Phi) is 2.17. The molecular formula is C9H10N4S. The molecule has 0 aromatic carbocycles. The highest BCUT2D eigenvalue weighted by molar-refractivity contribution is 7.09. The molecule has 0 amide bonds. The van der Waals surface area contributed by atoms with Crippen LogP contribution in [-0.4, -0.2) is 14.3 Å². The molecule has 0 fully saturated rings. The number of hydrogen-bond donors (Lipinski definition) is 1. The van der Waals surface area contributed by atoms with Gasteiger partial charge in [-0.2, -0.15) is 0 Å². The van der Waals surface area contributed by atoms with Gasteiger partial charge in [-0.25, -0.2) is 14.3 Å². The molecule has 2 N–H and O–H groups in total. The fraction of sp³-hybridized carbons (Fsp3) is 0.222. The molecule has 2 heterocycles. The third-order valence-corrected chi connectivity index (χ3v) is 2.83. The van der Waals surface area contributed by atoms with Gasteiger partial charge in [-0.1, -0.05) is 0 Å². The van der Waals surface area contributed by atoms with E-state index in [4.69, 9.17) is 5.73 Å². The summed E-state index contributed by atoms with van der Waals surface area (Å²) in [5.74, 6) is 1.20. The van der Waals surface area contributed by atoms with Gasteiger partial charge in [0.15, 0.2) is 5.82 Å². The van der Waals surface area contributed by atoms with E-state index in [2.05, 4.69) is 14.3 Å². The van der Waals surface area contributed by atoms with Gasteiger partial charge >= 0.3 is 0 Å². The highest BCUT2D eigenvalue weighted by Crippen LogP contribution is 2.21. The Morgan fingerprint density at radius 1 is 1.29 bits per heavy atom.